The van der Waals surface area contributed by atoms with Crippen molar-refractivity contribution < 1.29 is 45.8 Å². The quantitative estimate of drug-likeness (QED) is 0.243. The second-order valence-corrected chi connectivity index (χ2v) is 18.7. The summed E-state index contributed by atoms with van der Waals surface area (Å²) < 4.78 is 79.3. The van der Waals surface area contributed by atoms with Crippen LogP contribution in [0.25, 0.3) is 12.2 Å². The summed E-state index contributed by atoms with van der Waals surface area (Å²) in [5.74, 6) is -1.74. The zero-order valence-electron chi connectivity index (χ0n) is 32.0. The number of hydrogen-bond acceptors (Lipinski definition) is 3. The van der Waals surface area contributed by atoms with Gasteiger partial charge in [-0.3, -0.25) is 14.4 Å². The van der Waals surface area contributed by atoms with Gasteiger partial charge in [0.2, 0.25) is 0 Å². The van der Waals surface area contributed by atoms with Crippen LogP contribution in [0.15, 0.2) is 60.2 Å². The minimum absolute atomic E-state index is 0.0268. The lowest BCUT2D eigenvalue weighted by Gasteiger charge is -2.72. The maximum absolute atomic E-state index is 14.1. The Morgan fingerprint density at radius 1 is 0.709 bits per heavy atom. The fourth-order valence-corrected chi connectivity index (χ4v) is 13.3. The molecule has 5 saturated carbocycles. The highest BCUT2D eigenvalue weighted by Crippen LogP contribution is 2.77. The van der Waals surface area contributed by atoms with Crippen molar-refractivity contribution in [2.45, 2.75) is 105 Å². The minimum atomic E-state index is -4.47. The number of rotatable bonds is 5. The second-order valence-electron chi connectivity index (χ2n) is 18.7. The lowest BCUT2D eigenvalue weighted by atomic mass is 9.32. The molecule has 0 amide bonds. The lowest BCUT2D eigenvalue weighted by molar-refractivity contribution is -0.232. The van der Waals surface area contributed by atoms with Gasteiger partial charge in [0, 0.05) is 11.3 Å². The van der Waals surface area contributed by atoms with E-state index in [-0.39, 0.29) is 45.6 Å². The fraction of sp³-hybridized carbons (Fsp3) is 0.578. The van der Waals surface area contributed by atoms with Crippen molar-refractivity contribution in [3.05, 3.63) is 82.4 Å². The molecular formula is C45H50F6O4. The Bertz CT molecular complexity index is 1940. The van der Waals surface area contributed by atoms with Crippen LogP contribution in [0.1, 0.15) is 115 Å². The van der Waals surface area contributed by atoms with E-state index in [1.54, 1.807) is 6.08 Å². The highest BCUT2D eigenvalue weighted by Gasteiger charge is 2.72. The molecule has 0 aromatic heterocycles. The second kappa shape index (κ2) is 12.9. The van der Waals surface area contributed by atoms with E-state index in [0.717, 1.165) is 49.9 Å². The molecule has 9 atom stereocenters. The number of aliphatic carboxylic acids is 1. The molecule has 55 heavy (non-hydrogen) atoms. The first-order valence-electron chi connectivity index (χ1n) is 19.5. The standard InChI is InChI=1S/C45H50F6O4/c1-39(2)34-19-20-42(5)35(40(34,3)25-28(37(39)53)24-27-8-13-30(14-9-27)45(49,50)51)17-15-32-36-31(18-21-43(36,38(54)55)23-22-41(32,42)4)33(52)16-10-26-6-11-29(12-7-26)44(46,47)48/h6-14,16,24,31-32,34-36H,15,17-23,25H2,1-5H3,(H,54,55)/b16-10+,28-24-/t31-,32+,34-,35+,36+,40-,41+,42+,43-/m0/s1. The zero-order chi connectivity index (χ0) is 40.1. The molecule has 5 aliphatic carbocycles. The van der Waals surface area contributed by atoms with E-state index in [1.165, 1.54) is 36.4 Å². The average Bonchev–Trinajstić information content (AvgIpc) is 3.51. The molecule has 10 heteroatoms. The van der Waals surface area contributed by atoms with Crippen LogP contribution in [-0.4, -0.2) is 22.6 Å². The average molecular weight is 769 g/mol. The summed E-state index contributed by atoms with van der Waals surface area (Å²) >= 11 is 0. The van der Waals surface area contributed by atoms with Gasteiger partial charge in [0.05, 0.1) is 16.5 Å². The number of fused-ring (bicyclic) bond motifs is 7. The van der Waals surface area contributed by atoms with E-state index in [1.807, 2.05) is 13.8 Å². The molecule has 0 unspecified atom stereocenters. The fourth-order valence-electron chi connectivity index (χ4n) is 13.3. The molecule has 296 valence electrons. The number of carbonyl (C=O) groups is 3. The molecule has 0 spiro atoms. The Balaban J connectivity index is 1.20. The van der Waals surface area contributed by atoms with E-state index in [4.69, 9.17) is 0 Å². The van der Waals surface area contributed by atoms with E-state index >= 15 is 0 Å². The number of ketones is 2. The van der Waals surface area contributed by atoms with Gasteiger partial charge in [0.1, 0.15) is 0 Å². The topological polar surface area (TPSA) is 71.4 Å². The van der Waals surface area contributed by atoms with E-state index in [2.05, 4.69) is 20.8 Å². The first-order valence-corrected chi connectivity index (χ1v) is 19.5. The molecule has 1 N–H and O–H groups in total. The van der Waals surface area contributed by atoms with Gasteiger partial charge >= 0.3 is 18.3 Å². The highest BCUT2D eigenvalue weighted by molar-refractivity contribution is 6.04. The predicted molar refractivity (Wildman–Crippen MR) is 197 cm³/mol. The number of halogens is 6. The molecule has 0 radical (unpaired) electrons. The summed E-state index contributed by atoms with van der Waals surface area (Å²) in [6, 6.07) is 9.52. The van der Waals surface area contributed by atoms with Crippen molar-refractivity contribution in [3.63, 3.8) is 0 Å². The van der Waals surface area contributed by atoms with Crippen molar-refractivity contribution in [2.24, 2.45) is 56.7 Å². The smallest absolute Gasteiger partial charge is 0.416 e. The first kappa shape index (κ1) is 39.5. The van der Waals surface area contributed by atoms with Gasteiger partial charge in [-0.15, -0.1) is 0 Å². The number of benzene rings is 2. The van der Waals surface area contributed by atoms with Crippen molar-refractivity contribution in [1.82, 2.24) is 0 Å². The lowest BCUT2D eigenvalue weighted by Crippen LogP contribution is -2.67. The first-order chi connectivity index (χ1) is 25.5. The zero-order valence-corrected chi connectivity index (χ0v) is 32.0. The number of carboxylic acids is 1. The van der Waals surface area contributed by atoms with Crippen molar-refractivity contribution in [2.75, 3.05) is 0 Å². The van der Waals surface area contributed by atoms with E-state index < -0.39 is 52.1 Å². The number of hydrogen-bond donors (Lipinski definition) is 1. The van der Waals surface area contributed by atoms with Gasteiger partial charge in [-0.1, -0.05) is 65.0 Å². The van der Waals surface area contributed by atoms with Gasteiger partial charge in [-0.2, -0.15) is 26.3 Å². The number of allylic oxidation sites excluding steroid dienone is 2. The van der Waals surface area contributed by atoms with Crippen LogP contribution in [0.3, 0.4) is 0 Å². The summed E-state index contributed by atoms with van der Waals surface area (Å²) in [5, 5.41) is 10.8. The molecule has 5 fully saturated rings. The molecule has 4 nitrogen and oxygen atoms in total. The molecule has 0 heterocycles. The van der Waals surface area contributed by atoms with Crippen LogP contribution < -0.4 is 0 Å². The van der Waals surface area contributed by atoms with Crippen LogP contribution in [0.4, 0.5) is 26.3 Å². The summed E-state index contributed by atoms with van der Waals surface area (Å²) in [4.78, 5) is 41.4. The van der Waals surface area contributed by atoms with Crippen LogP contribution in [0.2, 0.25) is 0 Å². The molecule has 2 aromatic rings. The molecule has 0 bridgehead atoms. The van der Waals surface area contributed by atoms with Crippen molar-refractivity contribution >= 4 is 29.7 Å². The monoisotopic (exact) mass is 768 g/mol. The molecule has 0 saturated heterocycles. The molecule has 2 aromatic carbocycles. The maximum Gasteiger partial charge on any atom is 0.416 e. The van der Waals surface area contributed by atoms with Crippen LogP contribution in [0.5, 0.6) is 0 Å². The van der Waals surface area contributed by atoms with Crippen molar-refractivity contribution in [3.8, 4) is 0 Å². The molecule has 0 aliphatic heterocycles. The van der Waals surface area contributed by atoms with Crippen LogP contribution in [0, 0.1) is 56.7 Å². The van der Waals surface area contributed by atoms with E-state index in [0.29, 0.717) is 48.8 Å². The maximum atomic E-state index is 14.1. The molecule has 7 rings (SSSR count). The molecular weight excluding hydrogens is 718 g/mol. The van der Waals surface area contributed by atoms with Gasteiger partial charge in [0.15, 0.2) is 11.6 Å². The Kier molecular flexibility index (Phi) is 9.29. The molecule has 5 aliphatic rings. The van der Waals surface area contributed by atoms with Crippen LogP contribution >= 0.6 is 0 Å². The van der Waals surface area contributed by atoms with Gasteiger partial charge in [0.25, 0.3) is 0 Å². The van der Waals surface area contributed by atoms with Crippen molar-refractivity contribution in [1.29, 1.82) is 0 Å². The van der Waals surface area contributed by atoms with Gasteiger partial charge in [-0.05, 0) is 151 Å². The highest BCUT2D eigenvalue weighted by atomic mass is 19.4. The Morgan fingerprint density at radius 3 is 1.85 bits per heavy atom. The summed E-state index contributed by atoms with van der Waals surface area (Å²) in [5.41, 5.74) is -2.50. The minimum Gasteiger partial charge on any atom is -0.481 e. The third kappa shape index (κ3) is 6.05. The number of carboxylic acid groups (broad SMARTS) is 1. The largest absolute Gasteiger partial charge is 0.481 e. The summed E-state index contributed by atoms with van der Waals surface area (Å²) in [6.07, 6.45) is 1.48. The SMILES string of the molecule is CC1(C)C(=O)/C(=C\c2ccc(C(F)(F)F)cc2)C[C@]2(C)[C@H]3CC[C@@H]4[C@H]5[C@H](C(=O)/C=C/c6ccc(C(F)(F)F)cc6)CC[C@]5(C(=O)O)CC[C@@]4(C)[C@]3(C)CC[C@@H]12. The number of alkyl halides is 6. The third-order valence-electron chi connectivity index (χ3n) is 16.1. The predicted octanol–water partition coefficient (Wildman–Crippen LogP) is 11.7. The normalized spacial score (nSPS) is 37.9. The van der Waals surface area contributed by atoms with Crippen LogP contribution in [-0.2, 0) is 26.7 Å². The van der Waals surface area contributed by atoms with E-state index in [9.17, 15) is 45.8 Å². The Morgan fingerprint density at radius 2 is 1.29 bits per heavy atom. The number of Topliss-reactive ketones (excluding diaryl/α,β-unsaturated/α-hetero) is 1. The summed E-state index contributed by atoms with van der Waals surface area (Å²) in [6.45, 7) is 10.9. The summed E-state index contributed by atoms with van der Waals surface area (Å²) in [7, 11) is 0. The van der Waals surface area contributed by atoms with Gasteiger partial charge in [-0.25, -0.2) is 0 Å². The Hall–Kier alpha value is -3.69. The third-order valence-corrected chi connectivity index (χ3v) is 16.1. The Labute approximate surface area is 318 Å². The number of carbonyl (C=O) groups excluding carboxylic acids is 2. The van der Waals surface area contributed by atoms with Gasteiger partial charge < -0.3 is 5.11 Å².